The molecule has 7 heteroatoms. The molecule has 1 fully saturated rings. The first-order chi connectivity index (χ1) is 9.47. The summed E-state index contributed by atoms with van der Waals surface area (Å²) >= 11 is 0. The predicted octanol–water partition coefficient (Wildman–Crippen LogP) is 1.35. The van der Waals surface area contributed by atoms with Crippen molar-refractivity contribution in [3.05, 3.63) is 22.2 Å². The first-order valence-corrected chi connectivity index (χ1v) is 6.85. The van der Waals surface area contributed by atoms with Crippen molar-refractivity contribution in [3.63, 3.8) is 0 Å². The first-order valence-electron chi connectivity index (χ1n) is 6.85. The Kier molecular flexibility index (Phi) is 4.39. The van der Waals surface area contributed by atoms with Crippen LogP contribution in [-0.2, 0) is 0 Å². The third-order valence-corrected chi connectivity index (χ3v) is 3.37. The number of nitro groups is 1. The Labute approximate surface area is 118 Å². The topological polar surface area (TPSA) is 88.5 Å². The fourth-order valence-corrected chi connectivity index (χ4v) is 2.49. The van der Waals surface area contributed by atoms with Gasteiger partial charge in [-0.05, 0) is 12.0 Å². The Balaban J connectivity index is 2.10. The average molecular weight is 279 g/mol. The first kappa shape index (κ1) is 14.5. The fraction of sp³-hybridized carbons (Fsp3) is 0.615. The molecule has 1 aromatic rings. The number of hydrogen-bond donors (Lipinski definition) is 1. The number of nitrogens with two attached hydrogens (primary N) is 1. The molecule has 2 rings (SSSR count). The molecule has 0 saturated carbocycles. The second kappa shape index (κ2) is 6.04. The SMILES string of the molecule is CC(C)CN1CCN(c2nc(N)ccc2[N+](=O)[O-])CC1. The zero-order valence-electron chi connectivity index (χ0n) is 12.0. The molecule has 1 aliphatic heterocycles. The zero-order valence-corrected chi connectivity index (χ0v) is 12.0. The van der Waals surface area contributed by atoms with E-state index in [9.17, 15) is 10.1 Å². The van der Waals surface area contributed by atoms with Gasteiger partial charge in [-0.1, -0.05) is 13.8 Å². The molecule has 0 amide bonds. The molecule has 2 heterocycles. The van der Waals surface area contributed by atoms with Crippen LogP contribution in [0, 0.1) is 16.0 Å². The summed E-state index contributed by atoms with van der Waals surface area (Å²) in [5.41, 5.74) is 5.68. The van der Waals surface area contributed by atoms with Crippen molar-refractivity contribution >= 4 is 17.3 Å². The molecule has 1 aliphatic rings. The van der Waals surface area contributed by atoms with Gasteiger partial charge in [-0.2, -0.15) is 0 Å². The Morgan fingerprint density at radius 2 is 2.00 bits per heavy atom. The highest BCUT2D eigenvalue weighted by molar-refractivity contribution is 5.61. The second-order valence-corrected chi connectivity index (χ2v) is 5.52. The third-order valence-electron chi connectivity index (χ3n) is 3.37. The minimum Gasteiger partial charge on any atom is -0.384 e. The van der Waals surface area contributed by atoms with Crippen molar-refractivity contribution < 1.29 is 4.92 Å². The average Bonchev–Trinajstić information content (AvgIpc) is 2.38. The molecular weight excluding hydrogens is 258 g/mol. The van der Waals surface area contributed by atoms with Gasteiger partial charge in [0, 0.05) is 38.8 Å². The maximum Gasteiger partial charge on any atom is 0.311 e. The Morgan fingerprint density at radius 1 is 1.35 bits per heavy atom. The predicted molar refractivity (Wildman–Crippen MR) is 78.8 cm³/mol. The van der Waals surface area contributed by atoms with Crippen molar-refractivity contribution in [2.75, 3.05) is 43.4 Å². The highest BCUT2D eigenvalue weighted by atomic mass is 16.6. The number of aromatic nitrogens is 1. The van der Waals surface area contributed by atoms with Gasteiger partial charge in [-0.25, -0.2) is 4.98 Å². The lowest BCUT2D eigenvalue weighted by molar-refractivity contribution is -0.384. The number of nitrogen functional groups attached to an aromatic ring is 1. The van der Waals surface area contributed by atoms with Crippen molar-refractivity contribution in [2.45, 2.75) is 13.8 Å². The fourth-order valence-electron chi connectivity index (χ4n) is 2.49. The van der Waals surface area contributed by atoms with Crippen LogP contribution in [0.15, 0.2) is 12.1 Å². The molecule has 0 bridgehead atoms. The largest absolute Gasteiger partial charge is 0.384 e. The molecule has 2 N–H and O–H groups in total. The van der Waals surface area contributed by atoms with E-state index in [1.54, 1.807) is 0 Å². The van der Waals surface area contributed by atoms with Crippen LogP contribution in [0.1, 0.15) is 13.8 Å². The Bertz CT molecular complexity index is 484. The molecular formula is C13H21N5O2. The standard InChI is InChI=1S/C13H21N5O2/c1-10(2)9-16-5-7-17(8-6-16)13-11(18(19)20)3-4-12(14)15-13/h3-4,10H,5-9H2,1-2H3,(H2,14,15). The van der Waals surface area contributed by atoms with Crippen molar-refractivity contribution in [3.8, 4) is 0 Å². The summed E-state index contributed by atoms with van der Waals surface area (Å²) in [6, 6.07) is 2.90. The molecule has 0 atom stereocenters. The highest BCUT2D eigenvalue weighted by Gasteiger charge is 2.25. The summed E-state index contributed by atoms with van der Waals surface area (Å²) in [5, 5.41) is 11.1. The van der Waals surface area contributed by atoms with Crippen LogP contribution in [-0.4, -0.2) is 47.5 Å². The molecule has 0 unspecified atom stereocenters. The highest BCUT2D eigenvalue weighted by Crippen LogP contribution is 2.27. The van der Waals surface area contributed by atoms with Gasteiger partial charge in [-0.3, -0.25) is 15.0 Å². The van der Waals surface area contributed by atoms with E-state index < -0.39 is 4.92 Å². The Morgan fingerprint density at radius 3 is 2.55 bits per heavy atom. The van der Waals surface area contributed by atoms with Crippen LogP contribution in [0.2, 0.25) is 0 Å². The molecule has 0 radical (unpaired) electrons. The number of hydrogen-bond acceptors (Lipinski definition) is 6. The summed E-state index contributed by atoms with van der Waals surface area (Å²) in [4.78, 5) is 19.1. The van der Waals surface area contributed by atoms with E-state index in [0.29, 0.717) is 17.6 Å². The normalized spacial score (nSPS) is 16.6. The van der Waals surface area contributed by atoms with E-state index in [1.807, 2.05) is 4.90 Å². The van der Waals surface area contributed by atoms with E-state index in [1.165, 1.54) is 12.1 Å². The molecule has 0 spiro atoms. The van der Waals surface area contributed by atoms with Gasteiger partial charge < -0.3 is 10.6 Å². The summed E-state index contributed by atoms with van der Waals surface area (Å²) in [6.45, 7) is 8.71. The molecule has 1 saturated heterocycles. The van der Waals surface area contributed by atoms with E-state index >= 15 is 0 Å². The minimum atomic E-state index is -0.401. The molecule has 7 nitrogen and oxygen atoms in total. The lowest BCUT2D eigenvalue weighted by Gasteiger charge is -2.35. The molecule has 20 heavy (non-hydrogen) atoms. The van der Waals surface area contributed by atoms with Crippen molar-refractivity contribution in [1.82, 2.24) is 9.88 Å². The summed E-state index contributed by atoms with van der Waals surface area (Å²) in [6.07, 6.45) is 0. The number of rotatable bonds is 4. The lowest BCUT2D eigenvalue weighted by atomic mass is 10.2. The number of anilines is 2. The van der Waals surface area contributed by atoms with Crippen LogP contribution in [0.25, 0.3) is 0 Å². The second-order valence-electron chi connectivity index (χ2n) is 5.52. The number of nitrogens with zero attached hydrogens (tertiary/aromatic N) is 4. The van der Waals surface area contributed by atoms with E-state index in [2.05, 4.69) is 23.7 Å². The van der Waals surface area contributed by atoms with Gasteiger partial charge in [0.25, 0.3) is 0 Å². The van der Waals surface area contributed by atoms with E-state index in [0.717, 1.165) is 32.7 Å². The van der Waals surface area contributed by atoms with E-state index in [-0.39, 0.29) is 5.69 Å². The van der Waals surface area contributed by atoms with Gasteiger partial charge in [0.15, 0.2) is 0 Å². The molecule has 0 aromatic carbocycles. The molecule has 0 aliphatic carbocycles. The summed E-state index contributed by atoms with van der Waals surface area (Å²) in [7, 11) is 0. The smallest absolute Gasteiger partial charge is 0.311 e. The van der Waals surface area contributed by atoms with Crippen LogP contribution < -0.4 is 10.6 Å². The van der Waals surface area contributed by atoms with Gasteiger partial charge in [0.05, 0.1) is 4.92 Å². The maximum absolute atomic E-state index is 11.1. The van der Waals surface area contributed by atoms with Crippen molar-refractivity contribution in [1.29, 1.82) is 0 Å². The van der Waals surface area contributed by atoms with Crippen LogP contribution >= 0.6 is 0 Å². The third kappa shape index (κ3) is 3.36. The number of piperazine rings is 1. The maximum atomic E-state index is 11.1. The van der Waals surface area contributed by atoms with Crippen LogP contribution in [0.3, 0.4) is 0 Å². The lowest BCUT2D eigenvalue weighted by Crippen LogP contribution is -2.47. The van der Waals surface area contributed by atoms with Crippen LogP contribution in [0.4, 0.5) is 17.3 Å². The molecule has 110 valence electrons. The quantitative estimate of drug-likeness (QED) is 0.661. The number of pyridine rings is 1. The zero-order chi connectivity index (χ0) is 14.7. The van der Waals surface area contributed by atoms with Crippen molar-refractivity contribution in [2.24, 2.45) is 5.92 Å². The van der Waals surface area contributed by atoms with Gasteiger partial charge >= 0.3 is 5.69 Å². The summed E-state index contributed by atoms with van der Waals surface area (Å²) < 4.78 is 0. The monoisotopic (exact) mass is 279 g/mol. The van der Waals surface area contributed by atoms with Gasteiger partial charge in [-0.15, -0.1) is 0 Å². The van der Waals surface area contributed by atoms with Gasteiger partial charge in [0.1, 0.15) is 5.82 Å². The summed E-state index contributed by atoms with van der Waals surface area (Å²) in [5.74, 6) is 1.33. The van der Waals surface area contributed by atoms with Gasteiger partial charge in [0.2, 0.25) is 5.82 Å². The van der Waals surface area contributed by atoms with Crippen LogP contribution in [0.5, 0.6) is 0 Å². The molecule has 1 aromatic heterocycles. The minimum absolute atomic E-state index is 0.0245. The van der Waals surface area contributed by atoms with E-state index in [4.69, 9.17) is 5.73 Å². The Hall–Kier alpha value is -1.89.